The van der Waals surface area contributed by atoms with E-state index in [9.17, 15) is 24.9 Å². The van der Waals surface area contributed by atoms with Gasteiger partial charge in [0, 0.05) is 12.1 Å². The van der Waals surface area contributed by atoms with E-state index in [0.717, 1.165) is 27.8 Å². The third-order valence-corrected chi connectivity index (χ3v) is 8.08. The van der Waals surface area contributed by atoms with E-state index in [0.29, 0.717) is 16.8 Å². The van der Waals surface area contributed by atoms with Crippen LogP contribution in [0.5, 0.6) is 0 Å². The Labute approximate surface area is 253 Å². The molecule has 2 N–H and O–H groups in total. The highest BCUT2D eigenvalue weighted by atomic mass is 32.2. The van der Waals surface area contributed by atoms with Crippen molar-refractivity contribution >= 4 is 41.0 Å². The highest BCUT2D eigenvalue weighted by Crippen LogP contribution is 2.36. The van der Waals surface area contributed by atoms with Crippen molar-refractivity contribution in [2.45, 2.75) is 31.0 Å². The Morgan fingerprint density at radius 1 is 0.977 bits per heavy atom. The molecule has 0 aliphatic carbocycles. The Morgan fingerprint density at radius 2 is 1.60 bits per heavy atom. The van der Waals surface area contributed by atoms with Gasteiger partial charge < -0.3 is 10.6 Å². The van der Waals surface area contributed by atoms with Crippen molar-refractivity contribution in [1.82, 2.24) is 9.88 Å². The van der Waals surface area contributed by atoms with Crippen molar-refractivity contribution in [3.8, 4) is 23.3 Å². The molecule has 4 aromatic rings. The van der Waals surface area contributed by atoms with Crippen LogP contribution in [-0.2, 0) is 20.9 Å². The zero-order chi connectivity index (χ0) is 30.5. The van der Waals surface area contributed by atoms with E-state index in [1.165, 1.54) is 4.90 Å². The van der Waals surface area contributed by atoms with E-state index in [-0.39, 0.29) is 40.7 Å². The smallest absolute Gasteiger partial charge is 0.257 e. The topological polar surface area (TPSA) is 144 Å². The molecule has 10 heteroatoms. The number of nitrogen functional groups attached to an aromatic ring is 1. The van der Waals surface area contributed by atoms with Crippen molar-refractivity contribution < 1.29 is 14.4 Å². The molecular weight excluding hydrogens is 560 g/mol. The molecule has 1 aromatic heterocycles. The molecule has 5 rings (SSSR count). The fraction of sp³-hybridized carbons (Fsp3) is 0.152. The summed E-state index contributed by atoms with van der Waals surface area (Å²) in [6.07, 6.45) is -0.153. The van der Waals surface area contributed by atoms with Crippen LogP contribution in [0.25, 0.3) is 11.1 Å². The van der Waals surface area contributed by atoms with Crippen LogP contribution in [0.3, 0.4) is 0 Å². The number of carbonyl (C=O) groups excluding carboxylic acids is 3. The molecule has 43 heavy (non-hydrogen) atoms. The summed E-state index contributed by atoms with van der Waals surface area (Å²) in [6, 6.07) is 28.3. The molecule has 1 atom stereocenters. The molecule has 212 valence electrons. The first-order valence-corrected chi connectivity index (χ1v) is 14.4. The van der Waals surface area contributed by atoms with Crippen LogP contribution in [0.2, 0.25) is 0 Å². The maximum atomic E-state index is 13.8. The maximum absolute atomic E-state index is 13.8. The number of amides is 3. The molecule has 0 bridgehead atoms. The van der Waals surface area contributed by atoms with Gasteiger partial charge in [0.15, 0.2) is 0 Å². The lowest BCUT2D eigenvalue weighted by atomic mass is 9.96. The van der Waals surface area contributed by atoms with Crippen molar-refractivity contribution in [2.75, 3.05) is 16.4 Å². The average Bonchev–Trinajstić information content (AvgIpc) is 3.32. The lowest BCUT2D eigenvalue weighted by Crippen LogP contribution is -2.45. The fourth-order valence-electron chi connectivity index (χ4n) is 4.98. The SMILES string of the molecule is Cc1ccc(-c2c(C#N)c(N)nc(SCC(=O)N(Cc3ccccc3)C3CC(=O)N(c4ccccc4)C3=O)c2C#N)cc1. The van der Waals surface area contributed by atoms with Gasteiger partial charge in [-0.2, -0.15) is 10.5 Å². The number of hydrogen-bond acceptors (Lipinski definition) is 8. The number of thioether (sulfide) groups is 1. The highest BCUT2D eigenvalue weighted by Gasteiger charge is 2.44. The number of nitrogens with two attached hydrogens (primary N) is 1. The number of hydrogen-bond donors (Lipinski definition) is 1. The summed E-state index contributed by atoms with van der Waals surface area (Å²) in [5, 5.41) is 20.1. The number of imide groups is 1. The number of benzene rings is 3. The van der Waals surface area contributed by atoms with E-state index >= 15 is 0 Å². The summed E-state index contributed by atoms with van der Waals surface area (Å²) in [6.45, 7) is 2.03. The van der Waals surface area contributed by atoms with Crippen LogP contribution >= 0.6 is 11.8 Å². The zero-order valence-corrected chi connectivity index (χ0v) is 24.0. The number of carbonyl (C=O) groups is 3. The largest absolute Gasteiger partial charge is 0.383 e. The molecule has 1 fully saturated rings. The average molecular weight is 587 g/mol. The van der Waals surface area contributed by atoms with E-state index < -0.39 is 23.8 Å². The van der Waals surface area contributed by atoms with Crippen molar-refractivity contribution in [2.24, 2.45) is 0 Å². The molecular formula is C33H26N6O3S. The standard InChI is InChI=1S/C33H26N6O3S/c1-21-12-14-23(15-13-21)30-25(17-34)31(36)37-32(26(30)18-35)43-20-29(41)38(19-22-8-4-2-5-9-22)27-16-28(40)39(33(27)42)24-10-6-3-7-11-24/h2-15,27H,16,19-20H2,1H3,(H2,36,37). The predicted octanol–water partition coefficient (Wildman–Crippen LogP) is 4.84. The lowest BCUT2D eigenvalue weighted by molar-refractivity contribution is -0.136. The molecule has 0 spiro atoms. The van der Waals surface area contributed by atoms with Crippen LogP contribution in [0, 0.1) is 29.6 Å². The highest BCUT2D eigenvalue weighted by molar-refractivity contribution is 8.00. The minimum Gasteiger partial charge on any atom is -0.383 e. The van der Waals surface area contributed by atoms with Gasteiger partial charge >= 0.3 is 0 Å². The first kappa shape index (κ1) is 29.1. The van der Waals surface area contributed by atoms with Gasteiger partial charge in [-0.05, 0) is 30.2 Å². The molecule has 1 aliphatic rings. The van der Waals surface area contributed by atoms with Gasteiger partial charge in [-0.1, -0.05) is 90.1 Å². The molecule has 3 aromatic carbocycles. The minimum atomic E-state index is -1.00. The Balaban J connectivity index is 1.46. The second-order valence-electron chi connectivity index (χ2n) is 9.94. The Bertz CT molecular complexity index is 1780. The van der Waals surface area contributed by atoms with E-state index in [1.807, 2.05) is 49.4 Å². The third kappa shape index (κ3) is 5.96. The molecule has 1 aliphatic heterocycles. The quantitative estimate of drug-likeness (QED) is 0.228. The van der Waals surface area contributed by atoms with Gasteiger partial charge in [-0.15, -0.1) is 0 Å². The molecule has 3 amide bonds. The van der Waals surface area contributed by atoms with Crippen LogP contribution in [0.1, 0.15) is 28.7 Å². The molecule has 1 saturated heterocycles. The maximum Gasteiger partial charge on any atom is 0.257 e. The minimum absolute atomic E-state index is 0.0526. The van der Waals surface area contributed by atoms with Crippen molar-refractivity contribution in [1.29, 1.82) is 10.5 Å². The van der Waals surface area contributed by atoms with Gasteiger partial charge in [0.25, 0.3) is 5.91 Å². The number of aryl methyl sites for hydroxylation is 1. The molecule has 9 nitrogen and oxygen atoms in total. The summed E-state index contributed by atoms with van der Waals surface area (Å²) >= 11 is 0.998. The first-order valence-electron chi connectivity index (χ1n) is 13.4. The number of nitriles is 2. The Kier molecular flexibility index (Phi) is 8.51. The van der Waals surface area contributed by atoms with E-state index in [4.69, 9.17) is 5.73 Å². The van der Waals surface area contributed by atoms with Crippen molar-refractivity contribution in [3.05, 3.63) is 107 Å². The van der Waals surface area contributed by atoms with Crippen LogP contribution < -0.4 is 10.6 Å². The summed E-state index contributed by atoms with van der Waals surface area (Å²) in [5.74, 6) is -1.53. The number of anilines is 2. The lowest BCUT2D eigenvalue weighted by Gasteiger charge is -2.28. The predicted molar refractivity (Wildman–Crippen MR) is 163 cm³/mol. The molecule has 0 saturated carbocycles. The van der Waals surface area contributed by atoms with Crippen LogP contribution in [0.15, 0.2) is 90.0 Å². The monoisotopic (exact) mass is 586 g/mol. The van der Waals surface area contributed by atoms with Gasteiger partial charge in [0.1, 0.15) is 34.6 Å². The van der Waals surface area contributed by atoms with Crippen LogP contribution in [0.4, 0.5) is 11.5 Å². The van der Waals surface area contributed by atoms with Crippen LogP contribution in [-0.4, -0.2) is 39.4 Å². The molecule has 0 radical (unpaired) electrons. The summed E-state index contributed by atoms with van der Waals surface area (Å²) in [5.41, 5.74) is 9.59. The van der Waals surface area contributed by atoms with Crippen molar-refractivity contribution in [3.63, 3.8) is 0 Å². The third-order valence-electron chi connectivity index (χ3n) is 7.12. The summed E-state index contributed by atoms with van der Waals surface area (Å²) < 4.78 is 0. The first-order chi connectivity index (χ1) is 20.8. The normalized spacial score (nSPS) is 14.3. The second kappa shape index (κ2) is 12.6. The molecule has 2 heterocycles. The Morgan fingerprint density at radius 3 is 2.23 bits per heavy atom. The number of pyridine rings is 1. The number of aromatic nitrogens is 1. The fourth-order valence-corrected chi connectivity index (χ4v) is 5.87. The zero-order valence-electron chi connectivity index (χ0n) is 23.2. The number of rotatable bonds is 8. The van der Waals surface area contributed by atoms with Gasteiger partial charge in [-0.25, -0.2) is 9.88 Å². The van der Waals surface area contributed by atoms with Gasteiger partial charge in [-0.3, -0.25) is 14.4 Å². The van der Waals surface area contributed by atoms with E-state index in [1.54, 1.807) is 42.5 Å². The second-order valence-corrected chi connectivity index (χ2v) is 10.9. The van der Waals surface area contributed by atoms with E-state index in [2.05, 4.69) is 17.1 Å². The number of para-hydroxylation sites is 1. The van der Waals surface area contributed by atoms with Gasteiger partial charge in [0.05, 0.1) is 23.4 Å². The summed E-state index contributed by atoms with van der Waals surface area (Å²) in [4.78, 5) is 47.2. The van der Waals surface area contributed by atoms with Gasteiger partial charge in [0.2, 0.25) is 11.8 Å². The Hall–Kier alpha value is -5.45. The summed E-state index contributed by atoms with van der Waals surface area (Å²) in [7, 11) is 0. The molecule has 1 unspecified atom stereocenters. The number of nitrogens with zero attached hydrogens (tertiary/aromatic N) is 5.